The number of nitrogens with zero attached hydrogens (tertiary/aromatic N) is 4. The van der Waals surface area contributed by atoms with Crippen molar-refractivity contribution in [1.82, 2.24) is 20.4 Å². The maximum Gasteiger partial charge on any atom is 0.251 e. The molecule has 1 N–H and O–H groups in total. The molecule has 0 bridgehead atoms. The molecule has 3 aromatic rings. The maximum atomic E-state index is 12.7. The Bertz CT molecular complexity index is 1080. The SMILES string of the molecule is CC(=O)N1CCN(c2nnc(C)c3cc(C(=O)NCc4ccccc4)ccc23)CC1. The van der Waals surface area contributed by atoms with E-state index in [1.807, 2.05) is 60.4 Å². The van der Waals surface area contributed by atoms with Crippen LogP contribution in [0, 0.1) is 6.92 Å². The number of aryl methyl sites for hydroxylation is 1. The summed E-state index contributed by atoms with van der Waals surface area (Å²) in [6, 6.07) is 15.5. The normalized spacial score (nSPS) is 14.1. The standard InChI is InChI=1S/C23H25N5O2/c1-16-21-14-19(23(30)24-15-18-6-4-3-5-7-18)8-9-20(21)22(26-25-16)28-12-10-27(11-13-28)17(2)29/h3-9,14H,10-13,15H2,1-2H3,(H,24,30). The first-order chi connectivity index (χ1) is 14.5. The van der Waals surface area contributed by atoms with Crippen molar-refractivity contribution >= 4 is 28.4 Å². The zero-order valence-electron chi connectivity index (χ0n) is 17.3. The topological polar surface area (TPSA) is 78.4 Å². The quantitative estimate of drug-likeness (QED) is 0.724. The van der Waals surface area contributed by atoms with Crippen molar-refractivity contribution in [1.29, 1.82) is 0 Å². The van der Waals surface area contributed by atoms with E-state index in [1.165, 1.54) is 0 Å². The number of rotatable bonds is 4. The van der Waals surface area contributed by atoms with Gasteiger partial charge in [0, 0.05) is 56.0 Å². The van der Waals surface area contributed by atoms with E-state index in [1.54, 1.807) is 6.92 Å². The summed E-state index contributed by atoms with van der Waals surface area (Å²) in [6.45, 7) is 6.76. The third-order valence-corrected chi connectivity index (χ3v) is 5.53. The summed E-state index contributed by atoms with van der Waals surface area (Å²) in [5.41, 5.74) is 2.44. The fourth-order valence-corrected chi connectivity index (χ4v) is 3.76. The number of carbonyl (C=O) groups is 2. The summed E-state index contributed by atoms with van der Waals surface area (Å²) < 4.78 is 0. The molecular formula is C23H25N5O2. The third-order valence-electron chi connectivity index (χ3n) is 5.53. The van der Waals surface area contributed by atoms with Gasteiger partial charge in [-0.2, -0.15) is 5.10 Å². The van der Waals surface area contributed by atoms with E-state index in [-0.39, 0.29) is 11.8 Å². The molecule has 0 unspecified atom stereocenters. The molecule has 1 saturated heterocycles. The van der Waals surface area contributed by atoms with Crippen molar-refractivity contribution in [2.75, 3.05) is 31.1 Å². The van der Waals surface area contributed by atoms with Crippen LogP contribution in [0.3, 0.4) is 0 Å². The average molecular weight is 403 g/mol. The summed E-state index contributed by atoms with van der Waals surface area (Å²) in [4.78, 5) is 28.2. The van der Waals surface area contributed by atoms with E-state index in [9.17, 15) is 9.59 Å². The number of hydrogen-bond acceptors (Lipinski definition) is 5. The number of piperazine rings is 1. The first-order valence-electron chi connectivity index (χ1n) is 10.1. The number of nitrogens with one attached hydrogen (secondary N) is 1. The van der Waals surface area contributed by atoms with Gasteiger partial charge in [-0.05, 0) is 30.7 Å². The Morgan fingerprint density at radius 1 is 0.967 bits per heavy atom. The van der Waals surface area contributed by atoms with Crippen molar-refractivity contribution in [2.24, 2.45) is 0 Å². The van der Waals surface area contributed by atoms with Gasteiger partial charge in [0.05, 0.1) is 5.69 Å². The van der Waals surface area contributed by atoms with Gasteiger partial charge < -0.3 is 15.1 Å². The van der Waals surface area contributed by atoms with E-state index < -0.39 is 0 Å². The van der Waals surface area contributed by atoms with E-state index in [4.69, 9.17) is 0 Å². The summed E-state index contributed by atoms with van der Waals surface area (Å²) in [5.74, 6) is 0.782. The summed E-state index contributed by atoms with van der Waals surface area (Å²) in [5, 5.41) is 13.6. The molecule has 1 fully saturated rings. The van der Waals surface area contributed by atoms with Crippen LogP contribution in [0.25, 0.3) is 10.8 Å². The lowest BCUT2D eigenvalue weighted by Gasteiger charge is -2.35. The molecule has 0 aliphatic carbocycles. The second-order valence-corrected chi connectivity index (χ2v) is 7.53. The molecule has 0 saturated carbocycles. The summed E-state index contributed by atoms with van der Waals surface area (Å²) >= 11 is 0. The van der Waals surface area contributed by atoms with Crippen LogP contribution < -0.4 is 10.2 Å². The number of fused-ring (bicyclic) bond motifs is 1. The molecule has 1 aliphatic rings. The smallest absolute Gasteiger partial charge is 0.251 e. The zero-order valence-corrected chi connectivity index (χ0v) is 17.3. The van der Waals surface area contributed by atoms with Gasteiger partial charge in [0.15, 0.2) is 5.82 Å². The molecule has 154 valence electrons. The number of carbonyl (C=O) groups excluding carboxylic acids is 2. The van der Waals surface area contributed by atoms with E-state index in [0.29, 0.717) is 38.3 Å². The van der Waals surface area contributed by atoms with Crippen molar-refractivity contribution in [3.8, 4) is 0 Å². The molecule has 30 heavy (non-hydrogen) atoms. The van der Waals surface area contributed by atoms with Crippen LogP contribution in [0.1, 0.15) is 28.5 Å². The third kappa shape index (κ3) is 4.10. The predicted octanol–water partition coefficient (Wildman–Crippen LogP) is 2.54. The Hall–Kier alpha value is -3.48. The molecule has 0 spiro atoms. The summed E-state index contributed by atoms with van der Waals surface area (Å²) in [6.07, 6.45) is 0. The fraction of sp³-hybridized carbons (Fsp3) is 0.304. The monoisotopic (exact) mass is 403 g/mol. The molecule has 1 aliphatic heterocycles. The van der Waals surface area contributed by atoms with Crippen molar-refractivity contribution in [2.45, 2.75) is 20.4 Å². The average Bonchev–Trinajstić information content (AvgIpc) is 2.78. The van der Waals surface area contributed by atoms with E-state index in [2.05, 4.69) is 20.4 Å². The Morgan fingerprint density at radius 3 is 2.40 bits per heavy atom. The van der Waals surface area contributed by atoms with Crippen LogP contribution in [-0.4, -0.2) is 53.1 Å². The van der Waals surface area contributed by atoms with Gasteiger partial charge in [-0.1, -0.05) is 30.3 Å². The fourth-order valence-electron chi connectivity index (χ4n) is 3.76. The van der Waals surface area contributed by atoms with Gasteiger partial charge >= 0.3 is 0 Å². The molecule has 1 aromatic heterocycles. The molecule has 0 atom stereocenters. The number of hydrogen-bond donors (Lipinski definition) is 1. The number of benzene rings is 2. The second-order valence-electron chi connectivity index (χ2n) is 7.53. The molecule has 2 amide bonds. The zero-order chi connectivity index (χ0) is 21.1. The van der Waals surface area contributed by atoms with Crippen molar-refractivity contribution in [3.63, 3.8) is 0 Å². The molecule has 7 heteroatoms. The van der Waals surface area contributed by atoms with E-state index in [0.717, 1.165) is 27.8 Å². The molecule has 4 rings (SSSR count). The van der Waals surface area contributed by atoms with Crippen LogP contribution in [0.2, 0.25) is 0 Å². The molecular weight excluding hydrogens is 378 g/mol. The Balaban J connectivity index is 1.55. The Kier molecular flexibility index (Phi) is 5.61. The lowest BCUT2D eigenvalue weighted by atomic mass is 10.1. The number of amides is 2. The highest BCUT2D eigenvalue weighted by Crippen LogP contribution is 2.27. The minimum absolute atomic E-state index is 0.0978. The van der Waals surface area contributed by atoms with Gasteiger partial charge in [0.1, 0.15) is 0 Å². The van der Waals surface area contributed by atoms with Crippen molar-refractivity contribution in [3.05, 3.63) is 65.4 Å². The van der Waals surface area contributed by atoms with Gasteiger partial charge in [-0.3, -0.25) is 9.59 Å². The van der Waals surface area contributed by atoms with Crippen LogP contribution in [-0.2, 0) is 11.3 Å². The Labute approximate surface area is 175 Å². The van der Waals surface area contributed by atoms with Gasteiger partial charge in [-0.25, -0.2) is 0 Å². The predicted molar refractivity (Wildman–Crippen MR) is 116 cm³/mol. The van der Waals surface area contributed by atoms with Gasteiger partial charge in [0.2, 0.25) is 5.91 Å². The van der Waals surface area contributed by atoms with Gasteiger partial charge in [0.25, 0.3) is 5.91 Å². The lowest BCUT2D eigenvalue weighted by molar-refractivity contribution is -0.129. The second kappa shape index (κ2) is 8.49. The Morgan fingerprint density at radius 2 is 1.70 bits per heavy atom. The number of aromatic nitrogens is 2. The molecule has 2 aromatic carbocycles. The van der Waals surface area contributed by atoms with Crippen LogP contribution in [0.15, 0.2) is 48.5 Å². The maximum absolute atomic E-state index is 12.7. The first-order valence-corrected chi connectivity index (χ1v) is 10.1. The number of anilines is 1. The van der Waals surface area contributed by atoms with Gasteiger partial charge in [-0.15, -0.1) is 5.10 Å². The van der Waals surface area contributed by atoms with Crippen LogP contribution in [0.4, 0.5) is 5.82 Å². The molecule has 2 heterocycles. The highest BCUT2D eigenvalue weighted by Gasteiger charge is 2.22. The van der Waals surface area contributed by atoms with Crippen molar-refractivity contribution < 1.29 is 9.59 Å². The highest BCUT2D eigenvalue weighted by atomic mass is 16.2. The molecule has 7 nitrogen and oxygen atoms in total. The largest absolute Gasteiger partial charge is 0.351 e. The molecule has 0 radical (unpaired) electrons. The highest BCUT2D eigenvalue weighted by molar-refractivity contribution is 6.01. The first kappa shape index (κ1) is 19.8. The van der Waals surface area contributed by atoms with Crippen LogP contribution >= 0.6 is 0 Å². The minimum Gasteiger partial charge on any atom is -0.351 e. The lowest BCUT2D eigenvalue weighted by Crippen LogP contribution is -2.48. The van der Waals surface area contributed by atoms with Crippen LogP contribution in [0.5, 0.6) is 0 Å². The minimum atomic E-state index is -0.117. The van der Waals surface area contributed by atoms with E-state index >= 15 is 0 Å². The summed E-state index contributed by atoms with van der Waals surface area (Å²) in [7, 11) is 0.